The minimum Gasteiger partial charge on any atom is -0.383 e. The lowest BCUT2D eigenvalue weighted by Crippen LogP contribution is -2.28. The van der Waals surface area contributed by atoms with Crippen molar-refractivity contribution in [2.45, 2.75) is 0 Å². The molecule has 92 valence electrons. The summed E-state index contributed by atoms with van der Waals surface area (Å²) in [5, 5.41) is 0. The van der Waals surface area contributed by atoms with Crippen molar-refractivity contribution in [3.8, 4) is 0 Å². The minimum atomic E-state index is -0.609. The number of halogens is 1. The van der Waals surface area contributed by atoms with Gasteiger partial charge in [0.15, 0.2) is 0 Å². The van der Waals surface area contributed by atoms with Crippen LogP contribution in [0.5, 0.6) is 0 Å². The maximum Gasteiger partial charge on any atom is 0.263 e. The molecule has 2 rings (SSSR count). The molecule has 0 aliphatic carbocycles. The van der Waals surface area contributed by atoms with E-state index in [2.05, 4.69) is 9.97 Å². The van der Waals surface area contributed by atoms with E-state index < -0.39 is 11.7 Å². The van der Waals surface area contributed by atoms with Crippen molar-refractivity contribution in [1.29, 1.82) is 0 Å². The minimum absolute atomic E-state index is 0.0100. The second-order valence-electron chi connectivity index (χ2n) is 3.64. The Labute approximate surface area is 103 Å². The molecule has 0 radical (unpaired) electrons. The lowest BCUT2D eigenvalue weighted by Gasteiger charge is -2.16. The molecule has 0 atom stereocenters. The molecule has 0 spiro atoms. The highest BCUT2D eigenvalue weighted by molar-refractivity contribution is 6.07. The van der Waals surface area contributed by atoms with Crippen molar-refractivity contribution in [3.05, 3.63) is 48.0 Å². The summed E-state index contributed by atoms with van der Waals surface area (Å²) in [5.74, 6) is -0.629. The number of aromatic nitrogens is 2. The highest BCUT2D eigenvalue weighted by atomic mass is 19.1. The average molecular weight is 246 g/mol. The van der Waals surface area contributed by atoms with Gasteiger partial charge in [-0.05, 0) is 18.2 Å². The highest BCUT2D eigenvalue weighted by Crippen LogP contribution is 2.16. The molecule has 2 aromatic rings. The molecule has 0 saturated heterocycles. The maximum atomic E-state index is 13.1. The van der Waals surface area contributed by atoms with Crippen molar-refractivity contribution in [2.24, 2.45) is 0 Å². The molecular weight excluding hydrogens is 235 g/mol. The van der Waals surface area contributed by atoms with Crippen molar-refractivity contribution in [1.82, 2.24) is 9.97 Å². The van der Waals surface area contributed by atoms with Crippen molar-refractivity contribution in [3.63, 3.8) is 0 Å². The monoisotopic (exact) mass is 246 g/mol. The molecule has 1 amide bonds. The standard InChI is InChI=1S/C12H11FN4O/c1-17(10-4-2-3-5-15-10)12(18)9-6-8(13)7-16-11(9)14/h2-7H,1H3,(H2,14,16). The van der Waals surface area contributed by atoms with Crippen LogP contribution in [-0.4, -0.2) is 22.9 Å². The van der Waals surface area contributed by atoms with Crippen LogP contribution in [0, 0.1) is 5.82 Å². The van der Waals surface area contributed by atoms with Crippen LogP contribution in [0.4, 0.5) is 16.0 Å². The summed E-state index contributed by atoms with van der Waals surface area (Å²) < 4.78 is 13.1. The molecule has 0 fully saturated rings. The lowest BCUT2D eigenvalue weighted by atomic mass is 10.2. The van der Waals surface area contributed by atoms with Crippen LogP contribution >= 0.6 is 0 Å². The van der Waals surface area contributed by atoms with Crippen LogP contribution in [0.25, 0.3) is 0 Å². The topological polar surface area (TPSA) is 72.1 Å². The van der Waals surface area contributed by atoms with Gasteiger partial charge in [-0.1, -0.05) is 6.07 Å². The molecule has 6 heteroatoms. The van der Waals surface area contributed by atoms with Gasteiger partial charge in [0.05, 0.1) is 11.8 Å². The first-order valence-electron chi connectivity index (χ1n) is 5.19. The molecule has 0 aliphatic rings. The molecule has 0 saturated carbocycles. The van der Waals surface area contributed by atoms with Gasteiger partial charge in [0.1, 0.15) is 17.5 Å². The SMILES string of the molecule is CN(C(=O)c1cc(F)cnc1N)c1ccccn1. The van der Waals surface area contributed by atoms with Crippen molar-refractivity contribution < 1.29 is 9.18 Å². The molecule has 5 nitrogen and oxygen atoms in total. The lowest BCUT2D eigenvalue weighted by molar-refractivity contribution is 0.0992. The van der Waals surface area contributed by atoms with Gasteiger partial charge in [0.2, 0.25) is 0 Å². The van der Waals surface area contributed by atoms with E-state index in [-0.39, 0.29) is 11.4 Å². The summed E-state index contributed by atoms with van der Waals surface area (Å²) in [6.45, 7) is 0. The van der Waals surface area contributed by atoms with E-state index in [1.165, 1.54) is 11.9 Å². The van der Waals surface area contributed by atoms with Crippen LogP contribution in [-0.2, 0) is 0 Å². The van der Waals surface area contributed by atoms with E-state index in [4.69, 9.17) is 5.73 Å². The van der Waals surface area contributed by atoms with Crippen LogP contribution in [0.15, 0.2) is 36.7 Å². The van der Waals surface area contributed by atoms with E-state index in [9.17, 15) is 9.18 Å². The van der Waals surface area contributed by atoms with Gasteiger partial charge >= 0.3 is 0 Å². The quantitative estimate of drug-likeness (QED) is 0.871. The number of carbonyl (C=O) groups is 1. The Morgan fingerprint density at radius 1 is 1.39 bits per heavy atom. The van der Waals surface area contributed by atoms with Crippen molar-refractivity contribution in [2.75, 3.05) is 17.7 Å². The summed E-state index contributed by atoms with van der Waals surface area (Å²) in [4.78, 5) is 21.0. The summed E-state index contributed by atoms with van der Waals surface area (Å²) in [6, 6.07) is 6.21. The number of hydrogen-bond acceptors (Lipinski definition) is 4. The number of nitrogens with zero attached hydrogens (tertiary/aromatic N) is 3. The highest BCUT2D eigenvalue weighted by Gasteiger charge is 2.18. The largest absolute Gasteiger partial charge is 0.383 e. The van der Waals surface area contributed by atoms with E-state index in [1.54, 1.807) is 24.4 Å². The molecule has 2 N–H and O–H groups in total. The summed E-state index contributed by atoms with van der Waals surface area (Å²) >= 11 is 0. The van der Waals surface area contributed by atoms with Crippen LogP contribution in [0.3, 0.4) is 0 Å². The Morgan fingerprint density at radius 2 is 2.17 bits per heavy atom. The Bertz CT molecular complexity index is 574. The van der Waals surface area contributed by atoms with Gasteiger partial charge < -0.3 is 5.73 Å². The number of anilines is 2. The zero-order chi connectivity index (χ0) is 13.1. The second kappa shape index (κ2) is 4.79. The number of pyridine rings is 2. The summed E-state index contributed by atoms with van der Waals surface area (Å²) in [5.41, 5.74) is 5.58. The van der Waals surface area contributed by atoms with Crippen molar-refractivity contribution >= 4 is 17.5 Å². The molecule has 18 heavy (non-hydrogen) atoms. The fourth-order valence-electron chi connectivity index (χ4n) is 1.46. The average Bonchev–Trinajstić information content (AvgIpc) is 2.41. The first-order valence-corrected chi connectivity index (χ1v) is 5.19. The number of amides is 1. The molecule has 0 unspecified atom stereocenters. The predicted octanol–water partition coefficient (Wildman–Crippen LogP) is 1.47. The van der Waals surface area contributed by atoms with Gasteiger partial charge in [-0.25, -0.2) is 14.4 Å². The smallest absolute Gasteiger partial charge is 0.263 e. The molecule has 2 aromatic heterocycles. The van der Waals surface area contributed by atoms with Gasteiger partial charge in [0, 0.05) is 13.2 Å². The number of hydrogen-bond donors (Lipinski definition) is 1. The Kier molecular flexibility index (Phi) is 3.18. The first-order chi connectivity index (χ1) is 8.59. The Balaban J connectivity index is 2.34. The third-order valence-corrected chi connectivity index (χ3v) is 2.41. The van der Waals surface area contributed by atoms with Gasteiger partial charge in [-0.3, -0.25) is 9.69 Å². The number of nitrogens with two attached hydrogens (primary N) is 1. The Morgan fingerprint density at radius 3 is 2.83 bits per heavy atom. The second-order valence-corrected chi connectivity index (χ2v) is 3.64. The molecular formula is C12H11FN4O. The zero-order valence-electron chi connectivity index (χ0n) is 9.67. The normalized spacial score (nSPS) is 10.1. The predicted molar refractivity (Wildman–Crippen MR) is 65.6 cm³/mol. The fourth-order valence-corrected chi connectivity index (χ4v) is 1.46. The maximum absolute atomic E-state index is 13.1. The fraction of sp³-hybridized carbons (Fsp3) is 0.0833. The Hall–Kier alpha value is -2.50. The van der Waals surface area contributed by atoms with E-state index in [1.807, 2.05) is 0 Å². The number of carbonyl (C=O) groups excluding carboxylic acids is 1. The third kappa shape index (κ3) is 2.27. The van der Waals surface area contributed by atoms with E-state index in [0.29, 0.717) is 5.82 Å². The molecule has 2 heterocycles. The molecule has 0 bridgehead atoms. The van der Waals surface area contributed by atoms with Crippen LogP contribution in [0.1, 0.15) is 10.4 Å². The van der Waals surface area contributed by atoms with E-state index >= 15 is 0 Å². The van der Waals surface area contributed by atoms with Gasteiger partial charge in [-0.2, -0.15) is 0 Å². The van der Waals surface area contributed by atoms with Gasteiger partial charge in [0.25, 0.3) is 5.91 Å². The van der Waals surface area contributed by atoms with Crippen LogP contribution < -0.4 is 10.6 Å². The zero-order valence-corrected chi connectivity index (χ0v) is 9.67. The van der Waals surface area contributed by atoms with Gasteiger partial charge in [-0.15, -0.1) is 0 Å². The number of nitrogen functional groups attached to an aromatic ring is 1. The first kappa shape index (κ1) is 12.0. The summed E-state index contributed by atoms with van der Waals surface area (Å²) in [6.07, 6.45) is 2.53. The number of rotatable bonds is 2. The summed E-state index contributed by atoms with van der Waals surface area (Å²) in [7, 11) is 1.54. The molecule has 0 aromatic carbocycles. The van der Waals surface area contributed by atoms with Crippen LogP contribution in [0.2, 0.25) is 0 Å². The third-order valence-electron chi connectivity index (χ3n) is 2.41. The molecule has 0 aliphatic heterocycles. The van der Waals surface area contributed by atoms with E-state index in [0.717, 1.165) is 12.3 Å².